The molecule has 2 aromatic rings. The number of likely N-dealkylation sites (N-methyl/N-ethyl adjacent to an activating group) is 1. The van der Waals surface area contributed by atoms with Crippen LogP contribution in [0.5, 0.6) is 0 Å². The largest absolute Gasteiger partial charge is 0.416 e. The molecule has 1 aromatic heterocycles. The third-order valence-corrected chi connectivity index (χ3v) is 4.34. The normalized spacial score (nSPS) is 18.3. The Kier molecular flexibility index (Phi) is 4.99. The van der Waals surface area contributed by atoms with Gasteiger partial charge in [-0.1, -0.05) is 17.3 Å². The molecule has 0 unspecified atom stereocenters. The van der Waals surface area contributed by atoms with Crippen LogP contribution in [0.4, 0.5) is 13.2 Å². The lowest BCUT2D eigenvalue weighted by Crippen LogP contribution is -2.42. The van der Waals surface area contributed by atoms with Crippen LogP contribution in [-0.4, -0.2) is 52.5 Å². The number of halogens is 3. The first-order valence-electron chi connectivity index (χ1n) is 8.21. The highest BCUT2D eigenvalue weighted by Crippen LogP contribution is 2.31. The molecular weight excluding hydrogens is 349 g/mol. The number of rotatable bonds is 4. The van der Waals surface area contributed by atoms with E-state index in [1.54, 1.807) is 19.0 Å². The van der Waals surface area contributed by atoms with Crippen molar-refractivity contribution < 1.29 is 22.5 Å². The van der Waals surface area contributed by atoms with Gasteiger partial charge in [-0.3, -0.25) is 9.69 Å². The van der Waals surface area contributed by atoms with E-state index < -0.39 is 11.7 Å². The zero-order chi connectivity index (χ0) is 18.9. The summed E-state index contributed by atoms with van der Waals surface area (Å²) in [5.74, 6) is 0.386. The predicted molar refractivity (Wildman–Crippen MR) is 86.9 cm³/mol. The summed E-state index contributed by atoms with van der Waals surface area (Å²) >= 11 is 0. The van der Waals surface area contributed by atoms with Crippen molar-refractivity contribution in [3.63, 3.8) is 0 Å². The van der Waals surface area contributed by atoms with Crippen LogP contribution in [-0.2, 0) is 17.5 Å². The first-order chi connectivity index (χ1) is 12.3. The fourth-order valence-corrected chi connectivity index (χ4v) is 3.04. The predicted octanol–water partition coefficient (Wildman–Crippen LogP) is 2.81. The Morgan fingerprint density at radius 2 is 2.15 bits per heavy atom. The molecule has 0 saturated carbocycles. The van der Waals surface area contributed by atoms with Crippen molar-refractivity contribution in [2.75, 3.05) is 20.6 Å². The summed E-state index contributed by atoms with van der Waals surface area (Å²) in [7, 11) is 3.41. The summed E-state index contributed by atoms with van der Waals surface area (Å²) in [6.45, 7) is 1.02. The van der Waals surface area contributed by atoms with Gasteiger partial charge in [-0.2, -0.15) is 18.2 Å². The van der Waals surface area contributed by atoms with Gasteiger partial charge in [0.2, 0.25) is 17.6 Å². The fraction of sp³-hybridized carbons (Fsp3) is 0.471. The average Bonchev–Trinajstić information content (AvgIpc) is 3.23. The van der Waals surface area contributed by atoms with Gasteiger partial charge in [0.1, 0.15) is 0 Å². The van der Waals surface area contributed by atoms with Gasteiger partial charge in [0.25, 0.3) is 0 Å². The number of benzene rings is 1. The van der Waals surface area contributed by atoms with Crippen molar-refractivity contribution in [1.82, 2.24) is 19.9 Å². The molecule has 1 aliphatic rings. The van der Waals surface area contributed by atoms with E-state index in [1.165, 1.54) is 12.1 Å². The van der Waals surface area contributed by atoms with Gasteiger partial charge < -0.3 is 9.42 Å². The summed E-state index contributed by atoms with van der Waals surface area (Å²) in [6, 6.07) is 4.54. The average molecular weight is 368 g/mol. The third-order valence-electron chi connectivity index (χ3n) is 4.34. The van der Waals surface area contributed by atoms with Crippen molar-refractivity contribution in [1.29, 1.82) is 0 Å². The number of carbonyl (C=O) groups excluding carboxylic acids is 1. The Hall–Kier alpha value is -2.42. The van der Waals surface area contributed by atoms with Gasteiger partial charge in [-0.25, -0.2) is 0 Å². The third kappa shape index (κ3) is 3.87. The second-order valence-electron chi connectivity index (χ2n) is 6.45. The molecule has 1 amide bonds. The summed E-state index contributed by atoms with van der Waals surface area (Å²) in [5.41, 5.74) is -0.533. The number of amides is 1. The van der Waals surface area contributed by atoms with Crippen molar-refractivity contribution >= 4 is 5.91 Å². The van der Waals surface area contributed by atoms with Gasteiger partial charge >= 0.3 is 6.18 Å². The second kappa shape index (κ2) is 7.06. The van der Waals surface area contributed by atoms with Crippen molar-refractivity contribution in [3.05, 3.63) is 35.7 Å². The minimum Gasteiger partial charge on any atom is -0.347 e. The minimum atomic E-state index is -4.43. The lowest BCUT2D eigenvalue weighted by atomic mass is 10.1. The van der Waals surface area contributed by atoms with Gasteiger partial charge in [0.15, 0.2) is 0 Å². The molecule has 1 fully saturated rings. The smallest absolute Gasteiger partial charge is 0.347 e. The highest BCUT2D eigenvalue weighted by molar-refractivity contribution is 5.81. The minimum absolute atomic E-state index is 0.0140. The van der Waals surface area contributed by atoms with Crippen LogP contribution >= 0.6 is 0 Å². The standard InChI is InChI=1S/C17H19F3N4O2/c1-23(2)16(25)13-7-4-8-24(13)10-14-21-15(22-26-14)11-5-3-6-12(9-11)17(18,19)20/h3,5-6,9,13H,4,7-8,10H2,1-2H3/t13-/m1/s1. The van der Waals surface area contributed by atoms with Gasteiger partial charge in [-0.15, -0.1) is 0 Å². The first kappa shape index (κ1) is 18.4. The number of likely N-dealkylation sites (tertiary alicyclic amines) is 1. The number of nitrogens with zero attached hydrogens (tertiary/aromatic N) is 4. The molecular formula is C17H19F3N4O2. The molecule has 0 radical (unpaired) electrons. The van der Waals surface area contributed by atoms with Crippen molar-refractivity contribution in [2.45, 2.75) is 31.6 Å². The Balaban J connectivity index is 1.75. The Morgan fingerprint density at radius 1 is 1.38 bits per heavy atom. The van der Waals surface area contributed by atoms with E-state index in [0.717, 1.165) is 31.5 Å². The zero-order valence-corrected chi connectivity index (χ0v) is 14.5. The summed E-state index contributed by atoms with van der Waals surface area (Å²) in [6.07, 6.45) is -2.79. The molecule has 1 aliphatic heterocycles. The molecule has 3 rings (SSSR count). The van der Waals surface area contributed by atoms with Gasteiger partial charge in [-0.05, 0) is 31.5 Å². The van der Waals surface area contributed by atoms with Crippen LogP contribution in [0.15, 0.2) is 28.8 Å². The topological polar surface area (TPSA) is 62.5 Å². The number of carbonyl (C=O) groups is 1. The highest BCUT2D eigenvalue weighted by Gasteiger charge is 2.33. The highest BCUT2D eigenvalue weighted by atomic mass is 19.4. The van der Waals surface area contributed by atoms with Gasteiger partial charge in [0.05, 0.1) is 18.2 Å². The Morgan fingerprint density at radius 3 is 2.85 bits per heavy atom. The summed E-state index contributed by atoms with van der Waals surface area (Å²) in [4.78, 5) is 19.9. The zero-order valence-electron chi connectivity index (χ0n) is 14.5. The second-order valence-corrected chi connectivity index (χ2v) is 6.45. The Labute approximate surface area is 148 Å². The summed E-state index contributed by atoms with van der Waals surface area (Å²) < 4.78 is 43.7. The molecule has 2 heterocycles. The molecule has 1 atom stereocenters. The van der Waals surface area contributed by atoms with E-state index in [2.05, 4.69) is 10.1 Å². The lowest BCUT2D eigenvalue weighted by Gasteiger charge is -2.24. The molecule has 0 bridgehead atoms. The summed E-state index contributed by atoms with van der Waals surface area (Å²) in [5, 5.41) is 3.78. The van der Waals surface area contributed by atoms with Gasteiger partial charge in [0, 0.05) is 19.7 Å². The van der Waals surface area contributed by atoms with Crippen LogP contribution in [0.1, 0.15) is 24.3 Å². The number of aromatic nitrogens is 2. The van der Waals surface area contributed by atoms with Crippen molar-refractivity contribution in [3.8, 4) is 11.4 Å². The number of alkyl halides is 3. The van der Waals surface area contributed by atoms with E-state index in [1.807, 2.05) is 4.90 Å². The van der Waals surface area contributed by atoms with Crippen LogP contribution < -0.4 is 0 Å². The monoisotopic (exact) mass is 368 g/mol. The van der Waals surface area contributed by atoms with Crippen molar-refractivity contribution in [2.24, 2.45) is 0 Å². The van der Waals surface area contributed by atoms with Crippen LogP contribution in [0.3, 0.4) is 0 Å². The number of hydrogen-bond donors (Lipinski definition) is 0. The molecule has 1 aromatic carbocycles. The maximum atomic E-state index is 12.8. The molecule has 26 heavy (non-hydrogen) atoms. The van der Waals surface area contributed by atoms with E-state index in [9.17, 15) is 18.0 Å². The quantitative estimate of drug-likeness (QED) is 0.831. The molecule has 6 nitrogen and oxygen atoms in total. The van der Waals surface area contributed by atoms with E-state index in [-0.39, 0.29) is 35.8 Å². The van der Waals surface area contributed by atoms with Crippen LogP contribution in [0, 0.1) is 0 Å². The van der Waals surface area contributed by atoms with E-state index >= 15 is 0 Å². The molecule has 9 heteroatoms. The maximum Gasteiger partial charge on any atom is 0.416 e. The molecule has 0 N–H and O–H groups in total. The van der Waals surface area contributed by atoms with E-state index in [4.69, 9.17) is 4.52 Å². The first-order valence-corrected chi connectivity index (χ1v) is 8.21. The fourth-order valence-electron chi connectivity index (χ4n) is 3.04. The van der Waals surface area contributed by atoms with Crippen LogP contribution in [0.25, 0.3) is 11.4 Å². The molecule has 1 saturated heterocycles. The van der Waals surface area contributed by atoms with Crippen LogP contribution in [0.2, 0.25) is 0 Å². The SMILES string of the molecule is CN(C)C(=O)[C@H]1CCCN1Cc1nc(-c2cccc(C(F)(F)F)c2)no1. The van der Waals surface area contributed by atoms with E-state index in [0.29, 0.717) is 0 Å². The number of hydrogen-bond acceptors (Lipinski definition) is 5. The Bertz CT molecular complexity index is 788. The maximum absolute atomic E-state index is 12.8. The lowest BCUT2D eigenvalue weighted by molar-refractivity contribution is -0.137. The molecule has 0 spiro atoms. The molecule has 140 valence electrons. The molecule has 0 aliphatic carbocycles.